The lowest BCUT2D eigenvalue weighted by Crippen LogP contribution is -2.38. The molecule has 1 aromatic carbocycles. The van der Waals surface area contributed by atoms with Crippen LogP contribution >= 0.6 is 11.6 Å². The SMILES string of the molecule is O=C(NC1CCCC1Cl)c1cccc2c1OCCO2. The highest BCUT2D eigenvalue weighted by Crippen LogP contribution is 2.34. The van der Waals surface area contributed by atoms with Gasteiger partial charge in [-0.2, -0.15) is 0 Å². The van der Waals surface area contributed by atoms with E-state index >= 15 is 0 Å². The smallest absolute Gasteiger partial charge is 0.255 e. The molecule has 3 rings (SSSR count). The number of halogens is 1. The minimum absolute atomic E-state index is 0.0284. The molecule has 0 aromatic heterocycles. The van der Waals surface area contributed by atoms with Crippen LogP contribution in [-0.4, -0.2) is 30.5 Å². The van der Waals surface area contributed by atoms with E-state index in [4.69, 9.17) is 21.1 Å². The van der Waals surface area contributed by atoms with Gasteiger partial charge < -0.3 is 14.8 Å². The minimum Gasteiger partial charge on any atom is -0.486 e. The molecule has 1 aliphatic heterocycles. The number of para-hydroxylation sites is 1. The average molecular weight is 282 g/mol. The monoisotopic (exact) mass is 281 g/mol. The molecule has 1 amide bonds. The topological polar surface area (TPSA) is 47.6 Å². The number of benzene rings is 1. The maximum absolute atomic E-state index is 12.3. The third kappa shape index (κ3) is 2.50. The molecule has 2 unspecified atom stereocenters. The number of carbonyl (C=O) groups excluding carboxylic acids is 1. The zero-order chi connectivity index (χ0) is 13.2. The second kappa shape index (κ2) is 5.29. The van der Waals surface area contributed by atoms with Crippen molar-refractivity contribution in [1.29, 1.82) is 0 Å². The number of hydrogen-bond acceptors (Lipinski definition) is 3. The molecule has 0 bridgehead atoms. The van der Waals surface area contributed by atoms with Crippen LogP contribution in [0.4, 0.5) is 0 Å². The van der Waals surface area contributed by atoms with Crippen molar-refractivity contribution in [3.8, 4) is 11.5 Å². The molecule has 1 heterocycles. The Balaban J connectivity index is 1.80. The molecular weight excluding hydrogens is 266 g/mol. The Morgan fingerprint density at radius 3 is 2.89 bits per heavy atom. The van der Waals surface area contributed by atoms with E-state index in [1.165, 1.54) is 0 Å². The van der Waals surface area contributed by atoms with Gasteiger partial charge in [0.2, 0.25) is 0 Å². The van der Waals surface area contributed by atoms with Gasteiger partial charge in [0.15, 0.2) is 11.5 Å². The Labute approximate surface area is 117 Å². The van der Waals surface area contributed by atoms with Gasteiger partial charge in [0.1, 0.15) is 13.2 Å². The number of rotatable bonds is 2. The van der Waals surface area contributed by atoms with E-state index in [2.05, 4.69) is 5.32 Å². The average Bonchev–Trinajstić information content (AvgIpc) is 2.83. The van der Waals surface area contributed by atoms with Gasteiger partial charge in [0, 0.05) is 6.04 Å². The van der Waals surface area contributed by atoms with Crippen LogP contribution < -0.4 is 14.8 Å². The Bertz CT molecular complexity index is 492. The normalized spacial score (nSPS) is 25.1. The van der Waals surface area contributed by atoms with Gasteiger partial charge in [-0.15, -0.1) is 11.6 Å². The molecule has 1 fully saturated rings. The van der Waals surface area contributed by atoms with Gasteiger partial charge in [-0.05, 0) is 31.4 Å². The summed E-state index contributed by atoms with van der Waals surface area (Å²) in [6.07, 6.45) is 2.96. The van der Waals surface area contributed by atoms with Gasteiger partial charge in [0.25, 0.3) is 5.91 Å². The summed E-state index contributed by atoms with van der Waals surface area (Å²) in [7, 11) is 0. The number of hydrogen-bond donors (Lipinski definition) is 1. The quantitative estimate of drug-likeness (QED) is 0.847. The second-order valence-corrected chi connectivity index (χ2v) is 5.42. The molecule has 0 radical (unpaired) electrons. The van der Waals surface area contributed by atoms with Crippen LogP contribution in [-0.2, 0) is 0 Å². The first-order valence-electron chi connectivity index (χ1n) is 6.59. The van der Waals surface area contributed by atoms with Crippen LogP contribution in [0.2, 0.25) is 0 Å². The molecule has 19 heavy (non-hydrogen) atoms. The fourth-order valence-corrected chi connectivity index (χ4v) is 2.92. The zero-order valence-electron chi connectivity index (χ0n) is 10.5. The van der Waals surface area contributed by atoms with E-state index in [0.29, 0.717) is 30.3 Å². The molecule has 0 spiro atoms. The highest BCUT2D eigenvalue weighted by Gasteiger charge is 2.28. The molecule has 102 valence electrons. The van der Waals surface area contributed by atoms with Crippen LogP contribution in [0.5, 0.6) is 11.5 Å². The van der Waals surface area contributed by atoms with E-state index in [0.717, 1.165) is 19.3 Å². The number of carbonyl (C=O) groups is 1. The van der Waals surface area contributed by atoms with Crippen molar-refractivity contribution in [1.82, 2.24) is 5.32 Å². The van der Waals surface area contributed by atoms with E-state index in [9.17, 15) is 4.79 Å². The highest BCUT2D eigenvalue weighted by molar-refractivity contribution is 6.21. The summed E-state index contributed by atoms with van der Waals surface area (Å²) < 4.78 is 11.0. The second-order valence-electron chi connectivity index (χ2n) is 4.86. The summed E-state index contributed by atoms with van der Waals surface area (Å²) in [6.45, 7) is 0.989. The van der Waals surface area contributed by atoms with Gasteiger partial charge in [-0.1, -0.05) is 6.07 Å². The Kier molecular flexibility index (Phi) is 3.51. The molecule has 2 atom stereocenters. The van der Waals surface area contributed by atoms with Crippen molar-refractivity contribution in [2.75, 3.05) is 13.2 Å². The van der Waals surface area contributed by atoms with Crippen LogP contribution in [0, 0.1) is 0 Å². The van der Waals surface area contributed by atoms with Crippen LogP contribution in [0.15, 0.2) is 18.2 Å². The van der Waals surface area contributed by atoms with E-state index in [1.54, 1.807) is 12.1 Å². The summed E-state index contributed by atoms with van der Waals surface area (Å²) in [4.78, 5) is 12.3. The third-order valence-electron chi connectivity index (χ3n) is 3.56. The summed E-state index contributed by atoms with van der Waals surface area (Å²) >= 11 is 6.18. The van der Waals surface area contributed by atoms with Crippen LogP contribution in [0.25, 0.3) is 0 Å². The van der Waals surface area contributed by atoms with E-state index in [-0.39, 0.29) is 17.3 Å². The molecular formula is C14H16ClNO3. The summed E-state index contributed by atoms with van der Waals surface area (Å²) in [5, 5.41) is 3.02. The molecule has 1 saturated carbocycles. The van der Waals surface area contributed by atoms with Gasteiger partial charge in [-0.25, -0.2) is 0 Å². The first-order chi connectivity index (χ1) is 9.25. The fraction of sp³-hybridized carbons (Fsp3) is 0.500. The molecule has 1 aliphatic carbocycles. The van der Waals surface area contributed by atoms with Crippen LogP contribution in [0.1, 0.15) is 29.6 Å². The third-order valence-corrected chi connectivity index (χ3v) is 4.08. The van der Waals surface area contributed by atoms with Crippen molar-refractivity contribution < 1.29 is 14.3 Å². The lowest BCUT2D eigenvalue weighted by atomic mass is 10.1. The minimum atomic E-state index is -0.139. The Morgan fingerprint density at radius 2 is 2.11 bits per heavy atom. The van der Waals surface area contributed by atoms with Crippen molar-refractivity contribution in [3.05, 3.63) is 23.8 Å². The number of nitrogens with one attached hydrogen (secondary N) is 1. The number of ether oxygens (including phenoxy) is 2. The predicted molar refractivity (Wildman–Crippen MR) is 72.2 cm³/mol. The Hall–Kier alpha value is -1.42. The van der Waals surface area contributed by atoms with E-state index in [1.807, 2.05) is 6.07 Å². The molecule has 4 nitrogen and oxygen atoms in total. The number of fused-ring (bicyclic) bond motifs is 1. The molecule has 0 saturated heterocycles. The lowest BCUT2D eigenvalue weighted by Gasteiger charge is -2.22. The van der Waals surface area contributed by atoms with Crippen molar-refractivity contribution >= 4 is 17.5 Å². The fourth-order valence-electron chi connectivity index (χ4n) is 2.58. The number of alkyl halides is 1. The molecule has 5 heteroatoms. The molecule has 1 aromatic rings. The van der Waals surface area contributed by atoms with Crippen molar-refractivity contribution in [3.63, 3.8) is 0 Å². The first kappa shape index (κ1) is 12.6. The first-order valence-corrected chi connectivity index (χ1v) is 7.03. The lowest BCUT2D eigenvalue weighted by molar-refractivity contribution is 0.0927. The highest BCUT2D eigenvalue weighted by atomic mass is 35.5. The predicted octanol–water partition coefficient (Wildman–Crippen LogP) is 2.35. The van der Waals surface area contributed by atoms with Crippen LogP contribution in [0.3, 0.4) is 0 Å². The number of amides is 1. The van der Waals surface area contributed by atoms with Crippen molar-refractivity contribution in [2.45, 2.75) is 30.7 Å². The van der Waals surface area contributed by atoms with Gasteiger partial charge >= 0.3 is 0 Å². The molecule has 1 N–H and O–H groups in total. The standard InChI is InChI=1S/C14H16ClNO3/c15-10-4-2-5-11(10)16-14(17)9-3-1-6-12-13(9)19-8-7-18-12/h1,3,6,10-11H,2,4-5,7-8H2,(H,16,17). The Morgan fingerprint density at radius 1 is 1.26 bits per heavy atom. The largest absolute Gasteiger partial charge is 0.486 e. The van der Waals surface area contributed by atoms with Gasteiger partial charge in [0.05, 0.1) is 10.9 Å². The van der Waals surface area contributed by atoms with E-state index < -0.39 is 0 Å². The maximum atomic E-state index is 12.3. The maximum Gasteiger partial charge on any atom is 0.255 e. The van der Waals surface area contributed by atoms with Crippen molar-refractivity contribution in [2.24, 2.45) is 0 Å². The summed E-state index contributed by atoms with van der Waals surface area (Å²) in [5.74, 6) is 1.03. The molecule has 2 aliphatic rings. The summed E-state index contributed by atoms with van der Waals surface area (Å²) in [5.41, 5.74) is 0.521. The summed E-state index contributed by atoms with van der Waals surface area (Å²) in [6, 6.07) is 5.41. The van der Waals surface area contributed by atoms with Gasteiger partial charge in [-0.3, -0.25) is 4.79 Å². The zero-order valence-corrected chi connectivity index (χ0v) is 11.3.